The fraction of sp³-hybridized carbons (Fsp3) is 0.409. The van der Waals surface area contributed by atoms with Gasteiger partial charge in [-0.2, -0.15) is 0 Å². The number of methoxy groups -OCH3 is 1. The zero-order valence-corrected chi connectivity index (χ0v) is 16.3. The number of anilines is 1. The summed E-state index contributed by atoms with van der Waals surface area (Å²) in [5, 5.41) is 5.35. The lowest BCUT2D eigenvalue weighted by atomic mass is 10.1. The highest BCUT2D eigenvalue weighted by Crippen LogP contribution is 2.39. The molecule has 0 bridgehead atoms. The van der Waals surface area contributed by atoms with Crippen molar-refractivity contribution in [3.8, 4) is 11.5 Å². The molecule has 0 amide bonds. The van der Waals surface area contributed by atoms with Crippen LogP contribution in [0.15, 0.2) is 47.4 Å². The molecule has 0 atom stereocenters. The zero-order chi connectivity index (χ0) is 37.9. The summed E-state index contributed by atoms with van der Waals surface area (Å²) in [6.07, 6.45) is -17.6. The van der Waals surface area contributed by atoms with E-state index in [1.165, 1.54) is 18.2 Å². The quantitative estimate of drug-likeness (QED) is 0.510. The summed E-state index contributed by atoms with van der Waals surface area (Å²) in [4.78, 5) is 10.7. The first-order chi connectivity index (χ1) is 21.2. The molecule has 0 aliphatic carbocycles. The van der Waals surface area contributed by atoms with E-state index in [9.17, 15) is 13.2 Å². The number of primary sulfonamides is 1. The Kier molecular flexibility index (Phi) is 3.25. The van der Waals surface area contributed by atoms with Gasteiger partial charge in [-0.3, -0.25) is 0 Å². The van der Waals surface area contributed by atoms with Crippen LogP contribution in [0.5, 0.6) is 11.5 Å². The molecule has 2 N–H and O–H groups in total. The number of hydrogen-bond acceptors (Lipinski definition) is 6. The van der Waals surface area contributed by atoms with Crippen LogP contribution >= 0.6 is 0 Å². The van der Waals surface area contributed by atoms with Crippen LogP contribution in [0.25, 0.3) is 0 Å². The number of rotatable bonds is 11. The van der Waals surface area contributed by atoms with E-state index in [4.69, 9.17) is 34.5 Å². The standard InChI is InChI=1S/C22H30N2O5S/c1-4-6-13-24(14-7-5-2)19-15-17(22(25)28-3)16-20(30(23,26)27)21(19)29-18-11-9-8-10-12-18/h8-12,15-16H,4-7,13-14H2,1-3H3,(H2,23,26,27)/i1D3,2D3,4D2,5D2,6D2,7D2,13D2,14D2. The molecule has 0 saturated heterocycles. The average Bonchev–Trinajstić information content (AvgIpc) is 2.91. The van der Waals surface area contributed by atoms with Crippen molar-refractivity contribution in [2.24, 2.45) is 5.14 Å². The maximum absolute atomic E-state index is 12.9. The van der Waals surface area contributed by atoms with E-state index in [1.807, 2.05) is 0 Å². The summed E-state index contributed by atoms with van der Waals surface area (Å²) in [5.74, 6) is -3.04. The van der Waals surface area contributed by atoms with Crippen molar-refractivity contribution in [1.29, 1.82) is 0 Å². The second kappa shape index (κ2) is 11.0. The highest BCUT2D eigenvalue weighted by molar-refractivity contribution is 7.89. The van der Waals surface area contributed by atoms with Gasteiger partial charge in [0, 0.05) is 37.7 Å². The maximum atomic E-state index is 12.9. The Balaban J connectivity index is 3.41. The second-order valence-electron chi connectivity index (χ2n) is 5.33. The largest absolute Gasteiger partial charge is 0.465 e. The predicted molar refractivity (Wildman–Crippen MR) is 118 cm³/mol. The topological polar surface area (TPSA) is 98.9 Å². The van der Waals surface area contributed by atoms with Gasteiger partial charge in [0.1, 0.15) is 10.6 Å². The fourth-order valence-electron chi connectivity index (χ4n) is 2.23. The van der Waals surface area contributed by atoms with Gasteiger partial charge in [-0.1, -0.05) is 44.6 Å². The van der Waals surface area contributed by atoms with Gasteiger partial charge in [0.2, 0.25) is 10.0 Å². The normalized spacial score (nSPS) is 23.8. The SMILES string of the molecule is [2H]C([2H])([2H])C([2H])([2H])C([2H])([2H])C([2H])([2H])N(c1cc(C(=O)OC)cc(S(N)(=O)=O)c1Oc1ccccc1)C([2H])([2H])C([2H])([2H])C([2H])([2H])C([2H])([2H])[2H]. The van der Waals surface area contributed by atoms with Gasteiger partial charge in [0.05, 0.1) is 18.4 Å². The highest BCUT2D eigenvalue weighted by atomic mass is 32.2. The molecule has 7 nitrogen and oxygen atoms in total. The molecule has 0 aliphatic rings. The first-order valence-corrected chi connectivity index (χ1v) is 9.53. The summed E-state index contributed by atoms with van der Waals surface area (Å²) in [7, 11) is -4.37. The lowest BCUT2D eigenvalue weighted by Crippen LogP contribution is -2.27. The molecule has 0 aromatic heterocycles. The molecule has 8 heteroatoms. The molecule has 0 saturated carbocycles. The third kappa shape index (κ3) is 6.21. The number of carbonyl (C=O) groups excluding carboxylic acids is 1. The van der Waals surface area contributed by atoms with E-state index >= 15 is 0 Å². The minimum Gasteiger partial charge on any atom is -0.465 e. The Labute approximate surface area is 204 Å². The van der Waals surface area contributed by atoms with Crippen molar-refractivity contribution in [3.05, 3.63) is 48.0 Å². The van der Waals surface area contributed by atoms with Crippen molar-refractivity contribution in [2.75, 3.05) is 25.0 Å². The minimum absolute atomic E-state index is 0.322. The van der Waals surface area contributed by atoms with Crippen LogP contribution in [0.3, 0.4) is 0 Å². The predicted octanol–water partition coefficient (Wildman–Crippen LogP) is 4.32. The van der Waals surface area contributed by atoms with Crippen LogP contribution in [0.2, 0.25) is 0 Å². The molecule has 0 fully saturated rings. The van der Waals surface area contributed by atoms with Gasteiger partial charge in [-0.15, -0.1) is 0 Å². The van der Waals surface area contributed by atoms with Gasteiger partial charge in [-0.25, -0.2) is 18.4 Å². The van der Waals surface area contributed by atoms with E-state index < -0.39 is 95.0 Å². The molecular weight excluding hydrogens is 404 g/mol. The summed E-state index contributed by atoms with van der Waals surface area (Å²) in [6, 6.07) is 7.31. The zero-order valence-electron chi connectivity index (χ0n) is 33.5. The van der Waals surface area contributed by atoms with Crippen LogP contribution < -0.4 is 14.8 Å². The number of nitrogens with zero attached hydrogens (tertiary/aromatic N) is 1. The van der Waals surface area contributed by atoms with Gasteiger partial charge in [-0.05, 0) is 37.0 Å². The second-order valence-corrected chi connectivity index (χ2v) is 6.86. The molecule has 0 aliphatic heterocycles. The smallest absolute Gasteiger partial charge is 0.337 e. The Bertz CT molecular complexity index is 1580. The first kappa shape index (κ1) is 8.88. The highest BCUT2D eigenvalue weighted by Gasteiger charge is 2.26. The molecule has 164 valence electrons. The molecular formula is C22H30N2O5S. The molecule has 0 radical (unpaired) electrons. The number of esters is 1. The number of hydrogen-bond donors (Lipinski definition) is 1. The lowest BCUT2D eigenvalue weighted by Gasteiger charge is -2.28. The Morgan fingerprint density at radius 3 is 2.30 bits per heavy atom. The summed E-state index contributed by atoms with van der Waals surface area (Å²) < 4.78 is 182. The van der Waals surface area contributed by atoms with Crippen molar-refractivity contribution < 1.29 is 47.4 Å². The lowest BCUT2D eigenvalue weighted by molar-refractivity contribution is 0.0600. The molecule has 2 aromatic carbocycles. The van der Waals surface area contributed by atoms with Crippen molar-refractivity contribution >= 4 is 21.7 Å². The van der Waals surface area contributed by atoms with Crippen molar-refractivity contribution in [2.45, 2.75) is 44.1 Å². The third-order valence-corrected chi connectivity index (χ3v) is 4.34. The molecule has 0 unspecified atom stereocenters. The van der Waals surface area contributed by atoms with Gasteiger partial charge >= 0.3 is 5.97 Å². The fourth-order valence-corrected chi connectivity index (χ4v) is 2.92. The number of ether oxygens (including phenoxy) is 2. The number of benzene rings is 2. The Morgan fingerprint density at radius 1 is 1.13 bits per heavy atom. The van der Waals surface area contributed by atoms with Crippen LogP contribution in [0.1, 0.15) is 74.2 Å². The van der Waals surface area contributed by atoms with Crippen LogP contribution in [0, 0.1) is 0 Å². The van der Waals surface area contributed by atoms with Crippen LogP contribution in [-0.2, 0) is 14.8 Å². The number of para-hydroxylation sites is 1. The number of nitrogens with two attached hydrogens (primary N) is 1. The first-order valence-electron chi connectivity index (χ1n) is 17.0. The van der Waals surface area contributed by atoms with E-state index in [1.54, 1.807) is 0 Å². The summed E-state index contributed by atoms with van der Waals surface area (Å²) in [6.45, 7) is -17.2. The van der Waals surface area contributed by atoms with Gasteiger partial charge in [0.25, 0.3) is 0 Å². The molecule has 0 heterocycles. The molecule has 2 rings (SSSR count). The van der Waals surface area contributed by atoms with Crippen LogP contribution in [0.4, 0.5) is 5.69 Å². The van der Waals surface area contributed by atoms with Gasteiger partial charge < -0.3 is 14.4 Å². The van der Waals surface area contributed by atoms with Crippen molar-refractivity contribution in [3.63, 3.8) is 0 Å². The third-order valence-electron chi connectivity index (χ3n) is 3.43. The summed E-state index contributed by atoms with van der Waals surface area (Å²) >= 11 is 0. The summed E-state index contributed by atoms with van der Waals surface area (Å²) in [5.41, 5.74) is -2.41. The van der Waals surface area contributed by atoms with E-state index in [2.05, 4.69) is 4.74 Å². The number of carbonyl (C=O) groups is 1. The van der Waals surface area contributed by atoms with E-state index in [-0.39, 0.29) is 5.75 Å². The molecule has 0 spiro atoms. The Hall–Kier alpha value is -2.58. The van der Waals surface area contributed by atoms with Crippen molar-refractivity contribution in [1.82, 2.24) is 0 Å². The maximum Gasteiger partial charge on any atom is 0.337 e. The average molecular weight is 453 g/mol. The van der Waals surface area contributed by atoms with Crippen LogP contribution in [-0.4, -0.2) is 34.5 Å². The number of sulfonamides is 1. The minimum atomic E-state index is -5.16. The monoisotopic (exact) mass is 452 g/mol. The Morgan fingerprint density at radius 2 is 1.77 bits per heavy atom. The van der Waals surface area contributed by atoms with Gasteiger partial charge in [0.15, 0.2) is 5.75 Å². The molecule has 2 aromatic rings. The van der Waals surface area contributed by atoms with E-state index in [0.717, 1.165) is 19.2 Å². The molecule has 30 heavy (non-hydrogen) atoms. The van der Waals surface area contributed by atoms with E-state index in [0.29, 0.717) is 12.1 Å².